The van der Waals surface area contributed by atoms with Crippen LogP contribution in [0.3, 0.4) is 0 Å². The Kier molecular flexibility index (Phi) is 8.31. The Hall–Kier alpha value is -2.91. The van der Waals surface area contributed by atoms with Crippen LogP contribution in [0.15, 0.2) is 84.9 Å². The number of carbonyl (C=O) groups is 1. The molecule has 0 bridgehead atoms. The van der Waals surface area contributed by atoms with Gasteiger partial charge in [-0.1, -0.05) is 97.8 Å². The molecule has 1 saturated carbocycles. The van der Waals surface area contributed by atoms with Gasteiger partial charge in [0.25, 0.3) is 0 Å². The first-order valence-corrected chi connectivity index (χ1v) is 13.5. The summed E-state index contributed by atoms with van der Waals surface area (Å²) in [6, 6.07) is 30.2. The first-order chi connectivity index (χ1) is 17.3. The highest BCUT2D eigenvalue weighted by molar-refractivity contribution is 5.80. The minimum absolute atomic E-state index is 0.0547. The zero-order valence-electron chi connectivity index (χ0n) is 22.7. The molecular formula is C33H42N2O. The Labute approximate surface area is 218 Å². The molecule has 1 aliphatic carbocycles. The zero-order valence-corrected chi connectivity index (χ0v) is 22.7. The molecule has 3 aromatic carbocycles. The highest BCUT2D eigenvalue weighted by Gasteiger charge is 2.35. The van der Waals surface area contributed by atoms with E-state index in [1.807, 2.05) is 30.1 Å². The van der Waals surface area contributed by atoms with Gasteiger partial charge in [0.15, 0.2) is 0 Å². The monoisotopic (exact) mass is 482 g/mol. The van der Waals surface area contributed by atoms with Gasteiger partial charge in [0, 0.05) is 25.0 Å². The van der Waals surface area contributed by atoms with Crippen molar-refractivity contribution in [2.24, 2.45) is 5.92 Å². The lowest BCUT2D eigenvalue weighted by Crippen LogP contribution is -2.38. The normalized spacial score (nSPS) is 19.2. The number of hydrogen-bond acceptors (Lipinski definition) is 2. The van der Waals surface area contributed by atoms with Gasteiger partial charge in [-0.2, -0.15) is 0 Å². The molecule has 0 saturated heterocycles. The van der Waals surface area contributed by atoms with Gasteiger partial charge in [-0.05, 0) is 68.8 Å². The van der Waals surface area contributed by atoms with E-state index in [-0.39, 0.29) is 23.4 Å². The van der Waals surface area contributed by atoms with E-state index >= 15 is 0 Å². The van der Waals surface area contributed by atoms with Gasteiger partial charge in [-0.3, -0.25) is 9.69 Å². The van der Waals surface area contributed by atoms with Crippen molar-refractivity contribution in [1.29, 1.82) is 0 Å². The van der Waals surface area contributed by atoms with Crippen LogP contribution in [0.5, 0.6) is 0 Å². The summed E-state index contributed by atoms with van der Waals surface area (Å²) in [6.45, 7) is 7.57. The van der Waals surface area contributed by atoms with Gasteiger partial charge < -0.3 is 4.90 Å². The lowest BCUT2D eigenvalue weighted by Gasteiger charge is -2.37. The van der Waals surface area contributed by atoms with Gasteiger partial charge in [0.2, 0.25) is 5.91 Å². The molecule has 36 heavy (non-hydrogen) atoms. The molecule has 0 aromatic heterocycles. The van der Waals surface area contributed by atoms with Crippen molar-refractivity contribution in [2.75, 3.05) is 14.1 Å². The summed E-state index contributed by atoms with van der Waals surface area (Å²) in [5.41, 5.74) is 5.07. The first-order valence-electron chi connectivity index (χ1n) is 13.5. The number of carbonyl (C=O) groups excluding carboxylic acids is 1. The molecule has 0 N–H and O–H groups in total. The van der Waals surface area contributed by atoms with E-state index in [4.69, 9.17) is 0 Å². The summed E-state index contributed by atoms with van der Waals surface area (Å²) in [4.78, 5) is 18.0. The molecule has 0 spiro atoms. The van der Waals surface area contributed by atoms with E-state index in [2.05, 4.69) is 99.4 Å². The molecule has 3 atom stereocenters. The van der Waals surface area contributed by atoms with E-state index in [1.165, 1.54) is 28.7 Å². The van der Waals surface area contributed by atoms with E-state index in [1.54, 1.807) is 0 Å². The highest BCUT2D eigenvalue weighted by Crippen LogP contribution is 2.40. The highest BCUT2D eigenvalue weighted by atomic mass is 16.2. The van der Waals surface area contributed by atoms with Crippen molar-refractivity contribution >= 4 is 5.91 Å². The third-order valence-corrected chi connectivity index (χ3v) is 8.56. The lowest BCUT2D eigenvalue weighted by atomic mass is 9.74. The van der Waals surface area contributed by atoms with E-state index in [0.717, 1.165) is 25.8 Å². The second-order valence-corrected chi connectivity index (χ2v) is 11.1. The SMILES string of the molecule is C[C@@H](c1ccccc1)N(C)C(=O)[C@H]1CCCC[C@@H]1c1ccc(CN(C)C(C)(C)c2ccccc2)cc1. The fourth-order valence-corrected chi connectivity index (χ4v) is 5.64. The fourth-order valence-electron chi connectivity index (χ4n) is 5.64. The average Bonchev–Trinajstić information content (AvgIpc) is 2.93. The zero-order chi connectivity index (χ0) is 25.7. The second kappa shape index (κ2) is 11.4. The molecule has 4 rings (SSSR count). The van der Waals surface area contributed by atoms with Gasteiger partial charge in [-0.25, -0.2) is 0 Å². The number of rotatable bonds is 8. The average molecular weight is 483 g/mol. The van der Waals surface area contributed by atoms with Gasteiger partial charge in [0.05, 0.1) is 6.04 Å². The van der Waals surface area contributed by atoms with Gasteiger partial charge in [0.1, 0.15) is 0 Å². The van der Waals surface area contributed by atoms with Crippen molar-refractivity contribution in [3.63, 3.8) is 0 Å². The number of benzene rings is 3. The van der Waals surface area contributed by atoms with E-state index < -0.39 is 0 Å². The van der Waals surface area contributed by atoms with Crippen molar-refractivity contribution in [3.05, 3.63) is 107 Å². The summed E-state index contributed by atoms with van der Waals surface area (Å²) in [7, 11) is 4.17. The second-order valence-electron chi connectivity index (χ2n) is 11.1. The van der Waals surface area contributed by atoms with Gasteiger partial charge in [-0.15, -0.1) is 0 Å². The summed E-state index contributed by atoms with van der Waals surface area (Å²) >= 11 is 0. The summed E-state index contributed by atoms with van der Waals surface area (Å²) in [6.07, 6.45) is 4.40. The van der Waals surface area contributed by atoms with Crippen molar-refractivity contribution in [1.82, 2.24) is 9.80 Å². The predicted molar refractivity (Wildman–Crippen MR) is 150 cm³/mol. The minimum atomic E-state index is -0.0547. The van der Waals surface area contributed by atoms with E-state index in [0.29, 0.717) is 5.92 Å². The van der Waals surface area contributed by atoms with Crippen LogP contribution < -0.4 is 0 Å². The Morgan fingerprint density at radius 3 is 2.08 bits per heavy atom. The van der Waals surface area contributed by atoms with Crippen molar-refractivity contribution in [2.45, 2.75) is 70.5 Å². The molecule has 1 aliphatic rings. The Bertz CT molecular complexity index is 1110. The van der Waals surface area contributed by atoms with Crippen LogP contribution in [0.2, 0.25) is 0 Å². The minimum Gasteiger partial charge on any atom is -0.339 e. The van der Waals surface area contributed by atoms with Crippen LogP contribution in [-0.4, -0.2) is 29.8 Å². The van der Waals surface area contributed by atoms with Crippen molar-refractivity contribution in [3.8, 4) is 0 Å². The number of amides is 1. The maximum Gasteiger partial charge on any atom is 0.226 e. The van der Waals surface area contributed by atoms with Gasteiger partial charge >= 0.3 is 0 Å². The number of hydrogen-bond donors (Lipinski definition) is 0. The maximum absolute atomic E-state index is 13.7. The molecule has 1 fully saturated rings. The van der Waals surface area contributed by atoms with Crippen LogP contribution in [0.25, 0.3) is 0 Å². The quantitative estimate of drug-likeness (QED) is 0.331. The molecular weight excluding hydrogens is 440 g/mol. The standard InChI is InChI=1S/C33H42N2O/c1-25(27-14-8-6-9-15-27)35(5)32(36)31-19-13-12-18-30(31)28-22-20-26(21-23-28)24-34(4)33(2,3)29-16-10-7-11-17-29/h6-11,14-17,20-23,25,30-31H,12-13,18-19,24H2,1-5H3/t25-,30+,31-/m0/s1. The largest absolute Gasteiger partial charge is 0.339 e. The topological polar surface area (TPSA) is 23.6 Å². The molecule has 0 heterocycles. The lowest BCUT2D eigenvalue weighted by molar-refractivity contribution is -0.137. The third-order valence-electron chi connectivity index (χ3n) is 8.56. The predicted octanol–water partition coefficient (Wildman–Crippen LogP) is 7.55. The molecule has 0 aliphatic heterocycles. The summed E-state index contributed by atoms with van der Waals surface area (Å²) in [5, 5.41) is 0. The summed E-state index contributed by atoms with van der Waals surface area (Å²) < 4.78 is 0. The van der Waals surface area contributed by atoms with Crippen LogP contribution in [0, 0.1) is 5.92 Å². The van der Waals surface area contributed by atoms with Crippen LogP contribution in [-0.2, 0) is 16.9 Å². The third kappa shape index (κ3) is 5.73. The van der Waals surface area contributed by atoms with Crippen LogP contribution >= 0.6 is 0 Å². The molecule has 0 radical (unpaired) electrons. The fraction of sp³-hybridized carbons (Fsp3) is 0.424. The molecule has 3 aromatic rings. The molecule has 1 amide bonds. The Morgan fingerprint density at radius 2 is 1.44 bits per heavy atom. The maximum atomic E-state index is 13.7. The Balaban J connectivity index is 1.46. The molecule has 0 unspecified atom stereocenters. The van der Waals surface area contributed by atoms with Crippen LogP contribution in [0.4, 0.5) is 0 Å². The van der Waals surface area contributed by atoms with E-state index in [9.17, 15) is 4.79 Å². The van der Waals surface area contributed by atoms with Crippen LogP contribution in [0.1, 0.15) is 80.7 Å². The smallest absolute Gasteiger partial charge is 0.226 e. The van der Waals surface area contributed by atoms with Crippen molar-refractivity contribution < 1.29 is 4.79 Å². The Morgan fingerprint density at radius 1 is 0.861 bits per heavy atom. The molecule has 190 valence electrons. The summed E-state index contributed by atoms with van der Waals surface area (Å²) in [5.74, 6) is 0.633. The number of nitrogens with zero attached hydrogens (tertiary/aromatic N) is 2. The molecule has 3 nitrogen and oxygen atoms in total. The first kappa shape index (κ1) is 26.2. The molecule has 3 heteroatoms.